The second-order valence-electron chi connectivity index (χ2n) is 9.48. The third-order valence-electron chi connectivity index (χ3n) is 6.71. The summed E-state index contributed by atoms with van der Waals surface area (Å²) in [5.41, 5.74) is 3.90. The summed E-state index contributed by atoms with van der Waals surface area (Å²) in [6.45, 7) is 11.3. The van der Waals surface area contributed by atoms with Crippen LogP contribution in [-0.2, 0) is 11.2 Å². The predicted molar refractivity (Wildman–Crippen MR) is 146 cm³/mol. The van der Waals surface area contributed by atoms with Crippen molar-refractivity contribution < 1.29 is 14.3 Å². The van der Waals surface area contributed by atoms with Gasteiger partial charge in [0.2, 0.25) is 5.91 Å². The van der Waals surface area contributed by atoms with E-state index in [4.69, 9.17) is 4.74 Å². The minimum atomic E-state index is -0.198. The Morgan fingerprint density at radius 1 is 1.17 bits per heavy atom. The van der Waals surface area contributed by atoms with E-state index < -0.39 is 0 Å². The number of amides is 2. The summed E-state index contributed by atoms with van der Waals surface area (Å²) in [7, 11) is 0. The lowest BCUT2D eigenvalue weighted by Gasteiger charge is -2.37. The van der Waals surface area contributed by atoms with Crippen molar-refractivity contribution in [1.29, 1.82) is 0 Å². The topological polar surface area (TPSA) is 49.9 Å². The Morgan fingerprint density at radius 3 is 2.61 bits per heavy atom. The first-order valence-corrected chi connectivity index (χ1v) is 13.3. The van der Waals surface area contributed by atoms with Crippen molar-refractivity contribution >= 4 is 23.2 Å². The average Bonchev–Trinajstić information content (AvgIpc) is 3.36. The number of nitrogens with zero attached hydrogens (tertiary/aromatic N) is 2. The first kappa shape index (κ1) is 25.7. The number of hydrogen-bond acceptors (Lipinski definition) is 4. The van der Waals surface area contributed by atoms with Gasteiger partial charge in [-0.1, -0.05) is 50.3 Å². The van der Waals surface area contributed by atoms with E-state index in [9.17, 15) is 9.59 Å². The standard InChI is InChI=1S/C30H34N2O3S/c1-5-16-31(30(34)25-9-7-6-8-22(25)4)19-29(33)32-17-14-28-26(15-18-36-28)27(32)20-35-24-12-10-23(11-13-24)21(2)3/h5-13,15,18,21,27H,1,14,16-17,19-20H2,2-4H3/t27-/m1/s1. The Balaban J connectivity index is 1.51. The predicted octanol–water partition coefficient (Wildman–Crippen LogP) is 6.01. The van der Waals surface area contributed by atoms with Crippen LogP contribution in [0.1, 0.15) is 57.7 Å². The fourth-order valence-corrected chi connectivity index (χ4v) is 5.54. The SMILES string of the molecule is C=CCN(CC(=O)N1CCc2sccc2[C@H]1COc1ccc(C(C)C)cc1)C(=O)c1ccccc1C. The van der Waals surface area contributed by atoms with Gasteiger partial charge in [0, 0.05) is 23.5 Å². The lowest BCUT2D eigenvalue weighted by molar-refractivity contribution is -0.135. The molecule has 0 fully saturated rings. The van der Waals surface area contributed by atoms with E-state index in [0.29, 0.717) is 31.2 Å². The molecule has 1 atom stereocenters. The van der Waals surface area contributed by atoms with Crippen molar-refractivity contribution in [2.24, 2.45) is 0 Å². The van der Waals surface area contributed by atoms with Crippen LogP contribution in [0.5, 0.6) is 5.75 Å². The van der Waals surface area contributed by atoms with E-state index in [1.807, 2.05) is 42.2 Å². The molecule has 0 bridgehead atoms. The van der Waals surface area contributed by atoms with E-state index in [1.165, 1.54) is 10.4 Å². The van der Waals surface area contributed by atoms with Gasteiger partial charge in [-0.15, -0.1) is 17.9 Å². The molecule has 0 N–H and O–H groups in total. The Morgan fingerprint density at radius 2 is 1.92 bits per heavy atom. The molecule has 0 spiro atoms. The minimum Gasteiger partial charge on any atom is -0.491 e. The number of carbonyl (C=O) groups excluding carboxylic acids is 2. The molecular weight excluding hydrogens is 468 g/mol. The average molecular weight is 503 g/mol. The molecule has 0 unspecified atom stereocenters. The number of rotatable bonds is 9. The van der Waals surface area contributed by atoms with Gasteiger partial charge in [-0.05, 0) is 65.6 Å². The summed E-state index contributed by atoms with van der Waals surface area (Å²) < 4.78 is 6.19. The molecular formula is C30H34N2O3S. The van der Waals surface area contributed by atoms with Gasteiger partial charge in [0.25, 0.3) is 5.91 Å². The molecule has 0 saturated carbocycles. The van der Waals surface area contributed by atoms with Crippen LogP contribution in [0.25, 0.3) is 0 Å². The molecule has 4 rings (SSSR count). The molecule has 2 heterocycles. The molecule has 1 aromatic heterocycles. The van der Waals surface area contributed by atoms with Crippen molar-refractivity contribution in [2.75, 3.05) is 26.2 Å². The first-order valence-electron chi connectivity index (χ1n) is 12.4. The lowest BCUT2D eigenvalue weighted by Crippen LogP contribution is -2.48. The van der Waals surface area contributed by atoms with Crippen molar-refractivity contribution in [3.8, 4) is 5.75 Å². The van der Waals surface area contributed by atoms with Gasteiger partial charge >= 0.3 is 0 Å². The van der Waals surface area contributed by atoms with Crippen LogP contribution in [0.2, 0.25) is 0 Å². The molecule has 1 aliphatic rings. The van der Waals surface area contributed by atoms with Crippen LogP contribution >= 0.6 is 11.3 Å². The molecule has 188 valence electrons. The second kappa shape index (κ2) is 11.6. The molecule has 36 heavy (non-hydrogen) atoms. The van der Waals surface area contributed by atoms with Gasteiger partial charge < -0.3 is 14.5 Å². The molecule has 5 nitrogen and oxygen atoms in total. The number of carbonyl (C=O) groups is 2. The molecule has 2 amide bonds. The maximum atomic E-state index is 13.6. The smallest absolute Gasteiger partial charge is 0.254 e. The number of benzene rings is 2. The van der Waals surface area contributed by atoms with Gasteiger partial charge in [-0.3, -0.25) is 9.59 Å². The zero-order chi connectivity index (χ0) is 25.7. The highest BCUT2D eigenvalue weighted by Gasteiger charge is 2.33. The summed E-state index contributed by atoms with van der Waals surface area (Å²) in [5, 5.41) is 2.08. The minimum absolute atomic E-state index is 0.00174. The molecule has 0 radical (unpaired) electrons. The summed E-state index contributed by atoms with van der Waals surface area (Å²) in [6, 6.07) is 17.5. The highest BCUT2D eigenvalue weighted by atomic mass is 32.1. The Kier molecular flexibility index (Phi) is 8.26. The Bertz CT molecular complexity index is 1210. The Labute approximate surface area is 218 Å². The van der Waals surface area contributed by atoms with Gasteiger partial charge in [0.1, 0.15) is 18.9 Å². The summed E-state index contributed by atoms with van der Waals surface area (Å²) in [6.07, 6.45) is 2.48. The van der Waals surface area contributed by atoms with E-state index in [1.54, 1.807) is 28.4 Å². The molecule has 0 saturated heterocycles. The fourth-order valence-electron chi connectivity index (χ4n) is 4.61. The van der Waals surface area contributed by atoms with E-state index in [2.05, 4.69) is 44.0 Å². The first-order chi connectivity index (χ1) is 17.4. The molecule has 2 aromatic carbocycles. The number of hydrogen-bond donors (Lipinski definition) is 0. The van der Waals surface area contributed by atoms with Crippen LogP contribution < -0.4 is 4.74 Å². The van der Waals surface area contributed by atoms with Gasteiger partial charge in [0.05, 0.1) is 6.04 Å². The quantitative estimate of drug-likeness (QED) is 0.337. The van der Waals surface area contributed by atoms with E-state index in [-0.39, 0.29) is 24.4 Å². The molecule has 1 aliphatic heterocycles. The number of ether oxygens (including phenoxy) is 1. The highest BCUT2D eigenvalue weighted by Crippen LogP contribution is 2.34. The maximum Gasteiger partial charge on any atom is 0.254 e. The highest BCUT2D eigenvalue weighted by molar-refractivity contribution is 7.10. The Hall–Kier alpha value is -3.38. The molecule has 6 heteroatoms. The maximum absolute atomic E-state index is 13.6. The van der Waals surface area contributed by atoms with Gasteiger partial charge in [0.15, 0.2) is 0 Å². The van der Waals surface area contributed by atoms with Crippen molar-refractivity contribution in [1.82, 2.24) is 9.80 Å². The largest absolute Gasteiger partial charge is 0.491 e. The number of aryl methyl sites for hydroxylation is 1. The van der Waals surface area contributed by atoms with Crippen LogP contribution in [0.3, 0.4) is 0 Å². The molecule has 3 aromatic rings. The third-order valence-corrected chi connectivity index (χ3v) is 7.70. The zero-order valence-corrected chi connectivity index (χ0v) is 22.1. The van der Waals surface area contributed by atoms with Gasteiger partial charge in [-0.2, -0.15) is 0 Å². The van der Waals surface area contributed by atoms with E-state index in [0.717, 1.165) is 23.3 Å². The second-order valence-corrected chi connectivity index (χ2v) is 10.5. The summed E-state index contributed by atoms with van der Waals surface area (Å²) in [4.78, 5) is 31.6. The van der Waals surface area contributed by atoms with Crippen molar-refractivity contribution in [3.05, 3.63) is 99.8 Å². The van der Waals surface area contributed by atoms with Crippen molar-refractivity contribution in [3.63, 3.8) is 0 Å². The fraction of sp³-hybridized carbons (Fsp3) is 0.333. The van der Waals surface area contributed by atoms with Crippen LogP contribution in [0, 0.1) is 6.92 Å². The van der Waals surface area contributed by atoms with Crippen LogP contribution in [0.4, 0.5) is 0 Å². The summed E-state index contributed by atoms with van der Waals surface area (Å²) >= 11 is 1.72. The van der Waals surface area contributed by atoms with Crippen molar-refractivity contribution in [2.45, 2.75) is 39.2 Å². The summed E-state index contributed by atoms with van der Waals surface area (Å²) in [5.74, 6) is 1.00. The normalized spacial score (nSPS) is 14.9. The number of fused-ring (bicyclic) bond motifs is 1. The molecule has 0 aliphatic carbocycles. The lowest BCUT2D eigenvalue weighted by atomic mass is 10.00. The van der Waals surface area contributed by atoms with Gasteiger partial charge in [-0.25, -0.2) is 0 Å². The van der Waals surface area contributed by atoms with Crippen LogP contribution in [0.15, 0.2) is 72.6 Å². The van der Waals surface area contributed by atoms with Crippen LogP contribution in [-0.4, -0.2) is 47.9 Å². The number of thiophene rings is 1. The van der Waals surface area contributed by atoms with E-state index >= 15 is 0 Å². The third kappa shape index (κ3) is 5.71. The monoisotopic (exact) mass is 502 g/mol. The zero-order valence-electron chi connectivity index (χ0n) is 21.3.